The Balaban J connectivity index is 1.53. The number of rotatable bonds is 8. The number of aromatic nitrogens is 1. The van der Waals surface area contributed by atoms with Gasteiger partial charge in [0.15, 0.2) is 0 Å². The maximum absolute atomic E-state index is 14.4. The second-order valence-electron chi connectivity index (χ2n) is 7.82. The van der Waals surface area contributed by atoms with E-state index in [0.717, 1.165) is 35.8 Å². The van der Waals surface area contributed by atoms with Crippen LogP contribution in [0.5, 0.6) is 0 Å². The Labute approximate surface area is 183 Å². The third-order valence-corrected chi connectivity index (χ3v) is 6.35. The van der Waals surface area contributed by atoms with Gasteiger partial charge < -0.3 is 10.3 Å². The molecule has 0 radical (unpaired) electrons. The van der Waals surface area contributed by atoms with Crippen LogP contribution in [-0.2, 0) is 4.79 Å². The van der Waals surface area contributed by atoms with E-state index < -0.39 is 11.6 Å². The van der Waals surface area contributed by atoms with E-state index in [0.29, 0.717) is 23.5 Å². The van der Waals surface area contributed by atoms with E-state index in [1.165, 1.54) is 30.1 Å². The lowest BCUT2D eigenvalue weighted by Crippen LogP contribution is -2.38. The predicted molar refractivity (Wildman–Crippen MR) is 118 cm³/mol. The zero-order chi connectivity index (χ0) is 22.0. The first-order valence-electron chi connectivity index (χ1n) is 10.3. The molecule has 0 saturated heterocycles. The molecule has 1 aromatic heterocycles. The number of hydrogen-bond donors (Lipinski definition) is 3. The lowest BCUT2D eigenvalue weighted by atomic mass is 9.70. The number of fused-ring (bicyclic) bond motifs is 1. The lowest BCUT2D eigenvalue weighted by Gasteiger charge is -2.36. The van der Waals surface area contributed by atoms with Crippen molar-refractivity contribution >= 4 is 28.8 Å². The van der Waals surface area contributed by atoms with E-state index in [1.807, 2.05) is 6.92 Å². The van der Waals surface area contributed by atoms with Crippen LogP contribution in [0.25, 0.3) is 22.2 Å². The van der Waals surface area contributed by atoms with Crippen molar-refractivity contribution in [1.82, 2.24) is 15.0 Å². The summed E-state index contributed by atoms with van der Waals surface area (Å²) >= 11 is 1.49. The summed E-state index contributed by atoms with van der Waals surface area (Å²) in [6.45, 7) is 2.85. The number of carbonyl (C=O) groups is 1. The molecule has 1 saturated carbocycles. The van der Waals surface area contributed by atoms with Gasteiger partial charge in [-0.2, -0.15) is 0 Å². The van der Waals surface area contributed by atoms with Crippen LogP contribution < -0.4 is 10.0 Å². The number of benzene rings is 2. The van der Waals surface area contributed by atoms with Crippen molar-refractivity contribution in [2.24, 2.45) is 5.92 Å². The summed E-state index contributed by atoms with van der Waals surface area (Å²) < 4.78 is 44.8. The van der Waals surface area contributed by atoms with Crippen LogP contribution in [0.2, 0.25) is 0 Å². The molecule has 3 N–H and O–H groups in total. The Morgan fingerprint density at radius 3 is 2.58 bits per heavy atom. The topological polar surface area (TPSA) is 56.9 Å². The molecular formula is C23H24F3N3OS. The van der Waals surface area contributed by atoms with E-state index in [2.05, 4.69) is 15.0 Å². The van der Waals surface area contributed by atoms with Crippen molar-refractivity contribution in [3.8, 4) is 11.3 Å². The first-order valence-corrected chi connectivity index (χ1v) is 11.3. The summed E-state index contributed by atoms with van der Waals surface area (Å²) in [5.41, 5.74) is 2.52. The number of amides is 1. The van der Waals surface area contributed by atoms with E-state index in [1.54, 1.807) is 12.1 Å². The number of H-pyrrole nitrogens is 1. The van der Waals surface area contributed by atoms with Crippen molar-refractivity contribution in [1.29, 1.82) is 0 Å². The van der Waals surface area contributed by atoms with Gasteiger partial charge in [-0.15, -0.1) is 0 Å². The zero-order valence-electron chi connectivity index (χ0n) is 17.1. The van der Waals surface area contributed by atoms with Gasteiger partial charge in [-0.05, 0) is 66.1 Å². The van der Waals surface area contributed by atoms with Gasteiger partial charge in [0.1, 0.15) is 17.5 Å². The van der Waals surface area contributed by atoms with E-state index >= 15 is 0 Å². The van der Waals surface area contributed by atoms with E-state index in [4.69, 9.17) is 0 Å². The van der Waals surface area contributed by atoms with Gasteiger partial charge in [-0.1, -0.05) is 18.9 Å². The summed E-state index contributed by atoms with van der Waals surface area (Å²) in [6, 6.07) is 8.19. The maximum Gasteiger partial charge on any atom is 0.234 e. The van der Waals surface area contributed by atoms with E-state index in [9.17, 15) is 18.0 Å². The minimum absolute atomic E-state index is 0.0485. The Morgan fingerprint density at radius 1 is 1.13 bits per heavy atom. The van der Waals surface area contributed by atoms with Gasteiger partial charge >= 0.3 is 0 Å². The Morgan fingerprint density at radius 2 is 1.87 bits per heavy atom. The smallest absolute Gasteiger partial charge is 0.234 e. The fourth-order valence-corrected chi connectivity index (χ4v) is 4.62. The summed E-state index contributed by atoms with van der Waals surface area (Å²) in [4.78, 5) is 15.0. The highest BCUT2D eigenvalue weighted by Gasteiger charge is 2.34. The molecule has 0 spiro atoms. The van der Waals surface area contributed by atoms with Crippen LogP contribution in [0.15, 0.2) is 36.4 Å². The van der Waals surface area contributed by atoms with Crippen LogP contribution >= 0.6 is 11.9 Å². The van der Waals surface area contributed by atoms with Gasteiger partial charge in [0.2, 0.25) is 5.91 Å². The molecule has 0 atom stereocenters. The Hall–Kier alpha value is -2.45. The highest BCUT2D eigenvalue weighted by Crippen LogP contribution is 2.48. The first-order chi connectivity index (χ1) is 15.0. The minimum Gasteiger partial charge on any atom is -0.355 e. The number of halogens is 3. The molecule has 1 heterocycles. The number of carbonyl (C=O) groups excluding carboxylic acids is 1. The fourth-order valence-electron chi connectivity index (χ4n) is 4.19. The third kappa shape index (κ3) is 4.75. The van der Waals surface area contributed by atoms with Crippen molar-refractivity contribution in [3.05, 3.63) is 59.4 Å². The molecule has 8 heteroatoms. The average molecular weight is 448 g/mol. The molecule has 0 aliphatic heterocycles. The zero-order valence-corrected chi connectivity index (χ0v) is 17.9. The quantitative estimate of drug-likeness (QED) is 0.332. The third-order valence-electron chi connectivity index (χ3n) is 5.71. The molecule has 0 unspecified atom stereocenters. The molecule has 1 aliphatic rings. The number of hydrogen-bond acceptors (Lipinski definition) is 3. The number of aromatic amines is 1. The average Bonchev–Trinajstić information content (AvgIpc) is 3.07. The first kappa shape index (κ1) is 21.8. The second-order valence-corrected chi connectivity index (χ2v) is 8.98. The van der Waals surface area contributed by atoms with Gasteiger partial charge in [0, 0.05) is 23.8 Å². The van der Waals surface area contributed by atoms with Crippen molar-refractivity contribution in [2.75, 3.05) is 18.8 Å². The van der Waals surface area contributed by atoms with Gasteiger partial charge in [0.05, 0.1) is 17.8 Å². The Bertz CT molecular complexity index is 1080. The summed E-state index contributed by atoms with van der Waals surface area (Å²) in [5, 5.41) is 3.45. The Kier molecular flexibility index (Phi) is 6.57. The van der Waals surface area contributed by atoms with Crippen LogP contribution in [-0.4, -0.2) is 29.7 Å². The lowest BCUT2D eigenvalue weighted by molar-refractivity contribution is -0.120. The summed E-state index contributed by atoms with van der Waals surface area (Å²) in [7, 11) is 0. The molecule has 164 valence electrons. The fraction of sp³-hybridized carbons (Fsp3) is 0.348. The van der Waals surface area contributed by atoms with Crippen molar-refractivity contribution < 1.29 is 18.0 Å². The van der Waals surface area contributed by atoms with Gasteiger partial charge in [0.25, 0.3) is 0 Å². The van der Waals surface area contributed by atoms with Crippen molar-refractivity contribution in [3.63, 3.8) is 0 Å². The molecular weight excluding hydrogens is 423 g/mol. The van der Waals surface area contributed by atoms with Crippen LogP contribution in [0.4, 0.5) is 13.2 Å². The van der Waals surface area contributed by atoms with E-state index in [-0.39, 0.29) is 29.7 Å². The largest absolute Gasteiger partial charge is 0.355 e. The maximum atomic E-state index is 14.4. The second kappa shape index (κ2) is 9.36. The highest BCUT2D eigenvalue weighted by atomic mass is 32.2. The monoisotopic (exact) mass is 447 g/mol. The molecule has 3 aromatic rings. The standard InChI is InChI=1S/C23H24F3N3OS/c1-2-31-28-12-20(30)27-11-13-7-15(8-13)21-18-9-17(25)10-19(26)23(18)29-22(21)14-3-5-16(24)6-4-14/h3-6,9-10,13,15,28-29H,2,7-8,11-12H2,1H3,(H,27,30). The summed E-state index contributed by atoms with van der Waals surface area (Å²) in [5.74, 6) is -0.387. The molecule has 1 aliphatic carbocycles. The molecule has 1 amide bonds. The molecule has 1 fully saturated rings. The molecule has 0 bridgehead atoms. The SMILES string of the molecule is CCSNCC(=O)NCC1CC(c2c(-c3ccc(F)cc3)[nH]c3c(F)cc(F)cc23)C1. The molecule has 31 heavy (non-hydrogen) atoms. The van der Waals surface area contributed by atoms with Gasteiger partial charge in [-0.25, -0.2) is 13.2 Å². The predicted octanol–water partition coefficient (Wildman–Crippen LogP) is 5.12. The highest BCUT2D eigenvalue weighted by molar-refractivity contribution is 7.97. The number of nitrogens with one attached hydrogen (secondary N) is 3. The summed E-state index contributed by atoms with van der Waals surface area (Å²) in [6.07, 6.45) is 1.60. The normalized spacial score (nSPS) is 18.2. The van der Waals surface area contributed by atoms with Crippen LogP contribution in [0, 0.1) is 23.4 Å². The van der Waals surface area contributed by atoms with Gasteiger partial charge in [-0.3, -0.25) is 9.52 Å². The molecule has 2 aromatic carbocycles. The van der Waals surface area contributed by atoms with Crippen LogP contribution in [0.1, 0.15) is 31.2 Å². The van der Waals surface area contributed by atoms with Crippen molar-refractivity contribution in [2.45, 2.75) is 25.7 Å². The molecule has 4 rings (SSSR count). The molecule has 4 nitrogen and oxygen atoms in total. The van der Waals surface area contributed by atoms with Crippen LogP contribution in [0.3, 0.4) is 0 Å². The minimum atomic E-state index is -0.648.